The van der Waals surface area contributed by atoms with Gasteiger partial charge in [-0.25, -0.2) is 0 Å². The van der Waals surface area contributed by atoms with Crippen molar-refractivity contribution in [1.29, 1.82) is 0 Å². The van der Waals surface area contributed by atoms with Crippen molar-refractivity contribution < 1.29 is 14.3 Å². The molecule has 1 atom stereocenters. The van der Waals surface area contributed by atoms with Crippen LogP contribution in [0.3, 0.4) is 0 Å². The number of nitrogens with zero attached hydrogens (tertiary/aromatic N) is 3. The zero-order valence-corrected chi connectivity index (χ0v) is 17.4. The minimum Gasteiger partial charge on any atom is -0.490 e. The van der Waals surface area contributed by atoms with Crippen molar-refractivity contribution in [3.63, 3.8) is 0 Å². The van der Waals surface area contributed by atoms with Crippen LogP contribution in [-0.2, 0) is 7.05 Å². The van der Waals surface area contributed by atoms with Gasteiger partial charge in [0, 0.05) is 42.5 Å². The maximum atomic E-state index is 13.4. The number of nitrogens with one attached hydrogen (secondary N) is 1. The lowest BCUT2D eigenvalue weighted by Gasteiger charge is -2.38. The molecule has 1 N–H and O–H groups in total. The predicted octanol–water partition coefficient (Wildman–Crippen LogP) is 3.98. The van der Waals surface area contributed by atoms with Crippen LogP contribution in [0, 0.1) is 0 Å². The van der Waals surface area contributed by atoms with E-state index in [-0.39, 0.29) is 18.1 Å². The molecule has 2 aliphatic heterocycles. The summed E-state index contributed by atoms with van der Waals surface area (Å²) in [5, 5.41) is 8.37. The van der Waals surface area contributed by atoms with Gasteiger partial charge in [0.05, 0.1) is 24.5 Å². The molecule has 3 aliphatic rings. The van der Waals surface area contributed by atoms with Crippen molar-refractivity contribution in [3.8, 4) is 22.8 Å². The number of anilines is 1. The molecule has 3 aromatic rings. The van der Waals surface area contributed by atoms with Gasteiger partial charge in [0.15, 0.2) is 11.5 Å². The van der Waals surface area contributed by atoms with Gasteiger partial charge in [-0.15, -0.1) is 0 Å². The topological polar surface area (TPSA) is 68.6 Å². The van der Waals surface area contributed by atoms with Crippen LogP contribution in [0.5, 0.6) is 11.5 Å². The number of hydrogen-bond acceptors (Lipinski definition) is 5. The molecule has 1 aliphatic carbocycles. The van der Waals surface area contributed by atoms with Crippen molar-refractivity contribution in [3.05, 3.63) is 59.8 Å². The number of fused-ring (bicyclic) bond motifs is 2. The molecule has 7 heteroatoms. The smallest absolute Gasteiger partial charge is 0.258 e. The van der Waals surface area contributed by atoms with Gasteiger partial charge in [-0.05, 0) is 43.2 Å². The van der Waals surface area contributed by atoms with Crippen molar-refractivity contribution in [2.75, 3.05) is 18.5 Å². The number of ether oxygens (including phenoxy) is 2. The monoisotopic (exact) mass is 416 g/mol. The lowest BCUT2D eigenvalue weighted by atomic mass is 10.0. The first-order valence-electron chi connectivity index (χ1n) is 10.8. The number of amides is 1. The summed E-state index contributed by atoms with van der Waals surface area (Å²) in [6.07, 6.45) is 4.67. The lowest BCUT2D eigenvalue weighted by Crippen LogP contribution is -2.44. The van der Waals surface area contributed by atoms with Gasteiger partial charge in [0.2, 0.25) is 0 Å². The molecule has 1 amide bonds. The lowest BCUT2D eigenvalue weighted by molar-refractivity contribution is 0.0667. The Kier molecular flexibility index (Phi) is 4.16. The Balaban J connectivity index is 1.45. The summed E-state index contributed by atoms with van der Waals surface area (Å²) in [5.41, 5.74) is 4.36. The summed E-state index contributed by atoms with van der Waals surface area (Å²) in [6.45, 7) is 1.29. The zero-order chi connectivity index (χ0) is 20.9. The van der Waals surface area contributed by atoms with Crippen LogP contribution < -0.4 is 14.8 Å². The highest BCUT2D eigenvalue weighted by Crippen LogP contribution is 2.43. The quantitative estimate of drug-likeness (QED) is 0.700. The summed E-state index contributed by atoms with van der Waals surface area (Å²) in [5.74, 6) is 1.58. The minimum absolute atomic E-state index is 0.0790. The number of rotatable bonds is 3. The average molecular weight is 416 g/mol. The number of para-hydroxylation sites is 1. The molecule has 0 unspecified atom stereocenters. The predicted molar refractivity (Wildman–Crippen MR) is 116 cm³/mol. The Morgan fingerprint density at radius 2 is 1.87 bits per heavy atom. The van der Waals surface area contributed by atoms with Gasteiger partial charge >= 0.3 is 0 Å². The van der Waals surface area contributed by atoms with E-state index in [4.69, 9.17) is 14.6 Å². The van der Waals surface area contributed by atoms with E-state index in [0.29, 0.717) is 13.2 Å². The molecular weight excluding hydrogens is 392 g/mol. The Morgan fingerprint density at radius 3 is 2.71 bits per heavy atom. The van der Waals surface area contributed by atoms with Crippen molar-refractivity contribution >= 4 is 11.6 Å². The first-order chi connectivity index (χ1) is 15.2. The summed E-state index contributed by atoms with van der Waals surface area (Å²) >= 11 is 0. The molecule has 6 rings (SSSR count). The fourth-order valence-corrected chi connectivity index (χ4v) is 4.47. The fraction of sp³-hybridized carbons (Fsp3) is 0.333. The standard InChI is InChI=1S/C24H24N4O3/c1-27-14-18(22(26-27)15-7-10-20-21(13-15)31-12-4-11-30-20)23-25-19-6-3-2-5-17(19)24(29)28(23)16-8-9-16/h2-3,5-7,10,13-14,16,23,25H,4,8-9,11-12H2,1H3/t23-/m1/s1. The van der Waals surface area contributed by atoms with Gasteiger partial charge in [-0.3, -0.25) is 9.48 Å². The molecule has 7 nitrogen and oxygen atoms in total. The second-order valence-electron chi connectivity index (χ2n) is 8.35. The number of carbonyl (C=O) groups excluding carboxylic acids is 1. The van der Waals surface area contributed by atoms with Crippen LogP contribution in [0.4, 0.5) is 5.69 Å². The number of aryl methyl sites for hydroxylation is 1. The van der Waals surface area contributed by atoms with Gasteiger partial charge in [-0.2, -0.15) is 5.10 Å². The van der Waals surface area contributed by atoms with Crippen LogP contribution in [0.15, 0.2) is 48.7 Å². The van der Waals surface area contributed by atoms with E-state index in [9.17, 15) is 4.79 Å². The summed E-state index contributed by atoms with van der Waals surface area (Å²) in [4.78, 5) is 15.4. The Labute approximate surface area is 180 Å². The van der Waals surface area contributed by atoms with Gasteiger partial charge in [-0.1, -0.05) is 12.1 Å². The Morgan fingerprint density at radius 1 is 1.06 bits per heavy atom. The number of aromatic nitrogens is 2. The van der Waals surface area contributed by atoms with Crippen LogP contribution in [0.25, 0.3) is 11.3 Å². The first kappa shape index (κ1) is 18.3. The average Bonchev–Trinajstić information content (AvgIpc) is 3.58. The van der Waals surface area contributed by atoms with Crippen LogP contribution >= 0.6 is 0 Å². The summed E-state index contributed by atoms with van der Waals surface area (Å²) in [6, 6.07) is 13.9. The van der Waals surface area contributed by atoms with Crippen LogP contribution in [0.1, 0.15) is 41.3 Å². The SMILES string of the molecule is Cn1cc([C@@H]2Nc3ccccc3C(=O)N2C2CC2)c(-c2ccc3c(c2)OCCCO3)n1. The highest BCUT2D eigenvalue weighted by molar-refractivity contribution is 6.02. The second-order valence-corrected chi connectivity index (χ2v) is 8.35. The molecule has 31 heavy (non-hydrogen) atoms. The van der Waals surface area contributed by atoms with E-state index in [2.05, 4.69) is 5.32 Å². The number of benzene rings is 2. The van der Waals surface area contributed by atoms with Gasteiger partial charge in [0.1, 0.15) is 6.17 Å². The normalized spacial score (nSPS) is 20.1. The molecule has 0 radical (unpaired) electrons. The zero-order valence-electron chi connectivity index (χ0n) is 17.4. The van der Waals surface area contributed by atoms with Crippen molar-refractivity contribution in [2.45, 2.75) is 31.5 Å². The van der Waals surface area contributed by atoms with E-state index in [0.717, 1.165) is 58.8 Å². The Hall–Kier alpha value is -3.48. The molecule has 0 spiro atoms. The third-order valence-corrected chi connectivity index (χ3v) is 6.08. The third-order valence-electron chi connectivity index (χ3n) is 6.08. The highest BCUT2D eigenvalue weighted by atomic mass is 16.5. The van der Waals surface area contributed by atoms with Crippen LogP contribution in [-0.4, -0.2) is 39.8 Å². The van der Waals surface area contributed by atoms with Crippen molar-refractivity contribution in [1.82, 2.24) is 14.7 Å². The molecule has 0 saturated heterocycles. The van der Waals surface area contributed by atoms with E-state index in [1.165, 1.54) is 0 Å². The van der Waals surface area contributed by atoms with E-state index in [1.54, 1.807) is 0 Å². The van der Waals surface area contributed by atoms with Gasteiger partial charge < -0.3 is 19.7 Å². The number of hydrogen-bond donors (Lipinski definition) is 1. The van der Waals surface area contributed by atoms with E-state index in [1.807, 2.05) is 65.3 Å². The highest BCUT2D eigenvalue weighted by Gasteiger charge is 2.43. The maximum absolute atomic E-state index is 13.4. The second kappa shape index (κ2) is 7.04. The largest absolute Gasteiger partial charge is 0.490 e. The van der Waals surface area contributed by atoms with Gasteiger partial charge in [0.25, 0.3) is 5.91 Å². The molecule has 0 bridgehead atoms. The van der Waals surface area contributed by atoms with E-state index >= 15 is 0 Å². The van der Waals surface area contributed by atoms with Crippen LogP contribution in [0.2, 0.25) is 0 Å². The van der Waals surface area contributed by atoms with E-state index < -0.39 is 0 Å². The number of carbonyl (C=O) groups is 1. The summed E-state index contributed by atoms with van der Waals surface area (Å²) < 4.78 is 13.5. The first-order valence-corrected chi connectivity index (χ1v) is 10.8. The molecular formula is C24H24N4O3. The fourth-order valence-electron chi connectivity index (χ4n) is 4.47. The summed E-state index contributed by atoms with van der Waals surface area (Å²) in [7, 11) is 1.91. The third kappa shape index (κ3) is 3.12. The molecule has 1 aromatic heterocycles. The Bertz CT molecular complexity index is 1170. The van der Waals surface area contributed by atoms with Crippen molar-refractivity contribution in [2.24, 2.45) is 7.05 Å². The minimum atomic E-state index is -0.269. The molecule has 158 valence electrons. The molecule has 1 fully saturated rings. The molecule has 2 aromatic carbocycles. The molecule has 1 saturated carbocycles. The maximum Gasteiger partial charge on any atom is 0.258 e. The molecule has 3 heterocycles.